The van der Waals surface area contributed by atoms with Gasteiger partial charge in [-0.05, 0) is 37.8 Å². The number of carbonyl (C=O) groups is 2. The van der Waals surface area contributed by atoms with Gasteiger partial charge in [-0.25, -0.2) is 9.59 Å². The molecule has 10 nitrogen and oxygen atoms in total. The minimum absolute atomic E-state index is 0.0208. The van der Waals surface area contributed by atoms with Gasteiger partial charge in [-0.3, -0.25) is 10.1 Å². The number of esters is 1. The van der Waals surface area contributed by atoms with Gasteiger partial charge in [0.1, 0.15) is 0 Å². The Labute approximate surface area is 181 Å². The molecule has 0 saturated heterocycles. The van der Waals surface area contributed by atoms with Crippen molar-refractivity contribution in [3.05, 3.63) is 39.1 Å². The highest BCUT2D eigenvalue weighted by atomic mass is 16.6. The predicted molar refractivity (Wildman–Crippen MR) is 113 cm³/mol. The molecule has 2 amide bonds. The molecule has 0 fully saturated rings. The third kappa shape index (κ3) is 5.65. The van der Waals surface area contributed by atoms with Crippen molar-refractivity contribution >= 4 is 17.7 Å². The summed E-state index contributed by atoms with van der Waals surface area (Å²) < 4.78 is 16.1. The Bertz CT molecular complexity index is 867. The highest BCUT2D eigenvalue weighted by molar-refractivity contribution is 5.95. The molecule has 1 heterocycles. The second-order valence-corrected chi connectivity index (χ2v) is 6.92. The number of nitrogens with one attached hydrogen (secondary N) is 2. The molecule has 1 aliphatic rings. The molecule has 1 unspecified atom stereocenters. The Morgan fingerprint density at radius 3 is 2.52 bits per heavy atom. The zero-order chi connectivity index (χ0) is 23.0. The van der Waals surface area contributed by atoms with E-state index in [1.807, 2.05) is 13.8 Å². The third-order valence-corrected chi connectivity index (χ3v) is 4.68. The minimum Gasteiger partial charge on any atom is -0.490 e. The lowest BCUT2D eigenvalue weighted by molar-refractivity contribution is -0.386. The van der Waals surface area contributed by atoms with Gasteiger partial charge in [0.25, 0.3) is 0 Å². The number of allylic oxidation sites excluding steroid dienone is 1. The van der Waals surface area contributed by atoms with Crippen LogP contribution in [-0.2, 0) is 9.53 Å². The number of nitrogens with zero attached hydrogens (tertiary/aromatic N) is 1. The number of carbonyl (C=O) groups excluding carboxylic acids is 2. The lowest BCUT2D eigenvalue weighted by Crippen LogP contribution is -2.46. The molecule has 0 bridgehead atoms. The van der Waals surface area contributed by atoms with Crippen molar-refractivity contribution < 1.29 is 28.7 Å². The van der Waals surface area contributed by atoms with E-state index in [0.29, 0.717) is 24.1 Å². The lowest BCUT2D eigenvalue weighted by Gasteiger charge is -2.29. The van der Waals surface area contributed by atoms with E-state index in [1.165, 1.54) is 13.2 Å². The van der Waals surface area contributed by atoms with Crippen LogP contribution in [0.3, 0.4) is 0 Å². The SMILES string of the molecule is CCCCC1=C(C(=O)OC)C(c2cc(OCC)c(OCCC)c([N+](=O)[O-])c2)NC(=O)N1. The van der Waals surface area contributed by atoms with Crippen LogP contribution in [0.5, 0.6) is 11.5 Å². The van der Waals surface area contributed by atoms with Gasteiger partial charge in [0.15, 0.2) is 5.75 Å². The zero-order valence-corrected chi connectivity index (χ0v) is 18.3. The average molecular weight is 435 g/mol. The number of urea groups is 1. The summed E-state index contributed by atoms with van der Waals surface area (Å²) in [6, 6.07) is 1.41. The topological polar surface area (TPSA) is 129 Å². The van der Waals surface area contributed by atoms with Crippen LogP contribution in [-0.4, -0.2) is 37.2 Å². The number of rotatable bonds is 11. The van der Waals surface area contributed by atoms with Gasteiger partial charge < -0.3 is 24.8 Å². The van der Waals surface area contributed by atoms with E-state index in [0.717, 1.165) is 12.8 Å². The van der Waals surface area contributed by atoms with E-state index in [-0.39, 0.29) is 36.0 Å². The van der Waals surface area contributed by atoms with Crippen molar-refractivity contribution in [2.75, 3.05) is 20.3 Å². The van der Waals surface area contributed by atoms with Gasteiger partial charge >= 0.3 is 17.7 Å². The number of amides is 2. The fraction of sp³-hybridized carbons (Fsp3) is 0.524. The first-order valence-corrected chi connectivity index (χ1v) is 10.3. The summed E-state index contributed by atoms with van der Waals surface area (Å²) >= 11 is 0. The highest BCUT2D eigenvalue weighted by Gasteiger charge is 2.35. The first-order chi connectivity index (χ1) is 14.9. The standard InChI is InChI=1S/C21H29N3O7/c1-5-8-9-14-17(20(25)29-4)18(23-21(26)22-14)13-11-15(24(27)28)19(31-10-6-2)16(12-13)30-7-3/h11-12,18H,5-10H2,1-4H3,(H2,22,23,26). The van der Waals surface area contributed by atoms with Crippen molar-refractivity contribution in [3.63, 3.8) is 0 Å². The maximum absolute atomic E-state index is 12.6. The highest BCUT2D eigenvalue weighted by Crippen LogP contribution is 2.42. The van der Waals surface area contributed by atoms with Crippen molar-refractivity contribution in [1.29, 1.82) is 0 Å². The Balaban J connectivity index is 2.68. The minimum atomic E-state index is -0.939. The monoisotopic (exact) mass is 435 g/mol. The Morgan fingerprint density at radius 2 is 1.94 bits per heavy atom. The van der Waals surface area contributed by atoms with Crippen LogP contribution >= 0.6 is 0 Å². The van der Waals surface area contributed by atoms with Crippen molar-refractivity contribution in [2.24, 2.45) is 0 Å². The molecule has 0 spiro atoms. The molecule has 0 aromatic heterocycles. The number of nitro benzene ring substituents is 1. The quantitative estimate of drug-likeness (QED) is 0.308. The number of hydrogen-bond donors (Lipinski definition) is 2. The molecule has 0 aliphatic carbocycles. The van der Waals surface area contributed by atoms with E-state index in [4.69, 9.17) is 14.2 Å². The summed E-state index contributed by atoms with van der Waals surface area (Å²) in [5.74, 6) is -0.435. The molecule has 170 valence electrons. The van der Waals surface area contributed by atoms with E-state index < -0.39 is 23.0 Å². The molecule has 0 saturated carbocycles. The maximum atomic E-state index is 12.6. The van der Waals surface area contributed by atoms with Gasteiger partial charge in [0.2, 0.25) is 5.75 Å². The van der Waals surface area contributed by atoms with E-state index in [9.17, 15) is 19.7 Å². The van der Waals surface area contributed by atoms with Crippen LogP contribution in [0.15, 0.2) is 23.4 Å². The molecule has 1 aliphatic heterocycles. The molecular formula is C21H29N3O7. The summed E-state index contributed by atoms with van der Waals surface area (Å²) in [5.41, 5.74) is 0.661. The first kappa shape index (κ1) is 24.0. The summed E-state index contributed by atoms with van der Waals surface area (Å²) in [4.78, 5) is 36.1. The van der Waals surface area contributed by atoms with E-state index >= 15 is 0 Å². The predicted octanol–water partition coefficient (Wildman–Crippen LogP) is 3.75. The van der Waals surface area contributed by atoms with E-state index in [2.05, 4.69) is 10.6 Å². The molecule has 1 aromatic carbocycles. The van der Waals surface area contributed by atoms with Gasteiger partial charge in [0.05, 0.1) is 36.9 Å². The summed E-state index contributed by atoms with van der Waals surface area (Å²) in [5, 5.41) is 17.1. The zero-order valence-electron chi connectivity index (χ0n) is 18.3. The van der Waals surface area contributed by atoms with Gasteiger partial charge in [-0.15, -0.1) is 0 Å². The van der Waals surface area contributed by atoms with Crippen LogP contribution in [0.2, 0.25) is 0 Å². The van der Waals surface area contributed by atoms with Crippen LogP contribution < -0.4 is 20.1 Å². The van der Waals surface area contributed by atoms with E-state index in [1.54, 1.807) is 13.0 Å². The third-order valence-electron chi connectivity index (χ3n) is 4.68. The molecule has 31 heavy (non-hydrogen) atoms. The van der Waals surface area contributed by atoms with Gasteiger partial charge in [-0.1, -0.05) is 20.3 Å². The van der Waals surface area contributed by atoms with Crippen LogP contribution in [0.4, 0.5) is 10.5 Å². The number of ether oxygens (including phenoxy) is 3. The van der Waals surface area contributed by atoms with Crippen LogP contribution in [0, 0.1) is 10.1 Å². The molecule has 1 atom stereocenters. The number of unbranched alkanes of at least 4 members (excludes halogenated alkanes) is 1. The molecule has 1 aromatic rings. The Morgan fingerprint density at radius 1 is 1.19 bits per heavy atom. The van der Waals surface area contributed by atoms with Gasteiger partial charge in [0, 0.05) is 11.8 Å². The largest absolute Gasteiger partial charge is 0.490 e. The van der Waals surface area contributed by atoms with Crippen molar-refractivity contribution in [1.82, 2.24) is 10.6 Å². The normalized spacial score (nSPS) is 15.7. The van der Waals surface area contributed by atoms with Crippen molar-refractivity contribution in [2.45, 2.75) is 52.5 Å². The second-order valence-electron chi connectivity index (χ2n) is 6.92. The Hall–Kier alpha value is -3.30. The summed E-state index contributed by atoms with van der Waals surface area (Å²) in [6.45, 7) is 6.15. The van der Waals surface area contributed by atoms with Crippen molar-refractivity contribution in [3.8, 4) is 11.5 Å². The molecular weight excluding hydrogens is 406 g/mol. The average Bonchev–Trinajstić information content (AvgIpc) is 2.75. The number of methoxy groups -OCH3 is 1. The van der Waals surface area contributed by atoms with Gasteiger partial charge in [-0.2, -0.15) is 0 Å². The smallest absolute Gasteiger partial charge is 0.337 e. The Kier molecular flexibility index (Phi) is 8.65. The number of hydrogen-bond acceptors (Lipinski definition) is 7. The summed E-state index contributed by atoms with van der Waals surface area (Å²) in [6.07, 6.45) is 2.72. The number of benzene rings is 1. The molecule has 2 rings (SSSR count). The maximum Gasteiger partial charge on any atom is 0.337 e. The molecule has 0 radical (unpaired) electrons. The second kappa shape index (κ2) is 11.2. The fourth-order valence-corrected chi connectivity index (χ4v) is 3.29. The molecule has 2 N–H and O–H groups in total. The summed E-state index contributed by atoms with van der Waals surface area (Å²) in [7, 11) is 1.25. The number of nitro groups is 1. The molecule has 10 heteroatoms. The first-order valence-electron chi connectivity index (χ1n) is 10.3. The van der Waals surface area contributed by atoms with Crippen LogP contribution in [0.25, 0.3) is 0 Å². The fourth-order valence-electron chi connectivity index (χ4n) is 3.29. The van der Waals surface area contributed by atoms with Crippen LogP contribution in [0.1, 0.15) is 58.1 Å². The lowest BCUT2D eigenvalue weighted by atomic mass is 9.93.